The Morgan fingerprint density at radius 2 is 1.81 bits per heavy atom. The maximum Gasteiger partial charge on any atom is 0.416 e. The normalized spacial score (nSPS) is 19.1. The third-order valence-electron chi connectivity index (χ3n) is 7.16. The molecule has 2 aromatic carbocycles. The lowest BCUT2D eigenvalue weighted by atomic mass is 9.95. The van der Waals surface area contributed by atoms with Crippen molar-refractivity contribution in [3.05, 3.63) is 88.0 Å². The second-order valence-electron chi connectivity index (χ2n) is 9.49. The molecule has 0 bridgehead atoms. The van der Waals surface area contributed by atoms with Crippen molar-refractivity contribution in [2.45, 2.75) is 56.4 Å². The third-order valence-corrected chi connectivity index (χ3v) is 7.44. The van der Waals surface area contributed by atoms with E-state index in [9.17, 15) is 18.0 Å². The highest BCUT2D eigenvalue weighted by Gasteiger charge is 2.41. The van der Waals surface area contributed by atoms with Gasteiger partial charge in [-0.3, -0.25) is 9.69 Å². The summed E-state index contributed by atoms with van der Waals surface area (Å²) in [5.41, 5.74) is 1.91. The van der Waals surface area contributed by atoms with Gasteiger partial charge in [-0.1, -0.05) is 54.1 Å². The second kappa shape index (κ2) is 9.90. The lowest BCUT2D eigenvalue weighted by Crippen LogP contribution is -2.46. The van der Waals surface area contributed by atoms with Crippen LogP contribution in [-0.4, -0.2) is 34.0 Å². The molecule has 5 rings (SSSR count). The summed E-state index contributed by atoms with van der Waals surface area (Å²) in [5, 5.41) is 3.25. The number of hydrogen-bond acceptors (Lipinski definition) is 3. The fourth-order valence-corrected chi connectivity index (χ4v) is 5.54. The largest absolute Gasteiger partial charge is 0.416 e. The van der Waals surface area contributed by atoms with Gasteiger partial charge in [-0.25, -0.2) is 4.98 Å². The Hall–Kier alpha value is -2.84. The van der Waals surface area contributed by atoms with Crippen molar-refractivity contribution < 1.29 is 18.0 Å². The highest BCUT2D eigenvalue weighted by Crippen LogP contribution is 2.46. The number of alkyl halides is 3. The Labute approximate surface area is 213 Å². The molecule has 1 amide bonds. The molecule has 9 heteroatoms. The first kappa shape index (κ1) is 24.8. The predicted molar refractivity (Wildman–Crippen MR) is 132 cm³/mol. The molecule has 3 aromatic rings. The number of benzene rings is 2. The zero-order valence-electron chi connectivity index (χ0n) is 19.9. The van der Waals surface area contributed by atoms with Crippen LogP contribution in [0.4, 0.5) is 13.2 Å². The van der Waals surface area contributed by atoms with Crippen molar-refractivity contribution in [1.29, 1.82) is 0 Å². The van der Waals surface area contributed by atoms with Gasteiger partial charge in [0.2, 0.25) is 5.91 Å². The maximum absolute atomic E-state index is 13.2. The van der Waals surface area contributed by atoms with E-state index in [-0.39, 0.29) is 11.9 Å². The Morgan fingerprint density at radius 1 is 1.11 bits per heavy atom. The molecule has 0 radical (unpaired) electrons. The van der Waals surface area contributed by atoms with Gasteiger partial charge in [0.05, 0.1) is 17.3 Å². The lowest BCUT2D eigenvalue weighted by Gasteiger charge is -2.41. The van der Waals surface area contributed by atoms with Crippen molar-refractivity contribution in [3.63, 3.8) is 0 Å². The van der Waals surface area contributed by atoms with Crippen LogP contribution in [-0.2, 0) is 23.9 Å². The van der Waals surface area contributed by atoms with Crippen molar-refractivity contribution in [2.75, 3.05) is 13.6 Å². The first-order valence-corrected chi connectivity index (χ1v) is 12.6. The minimum absolute atomic E-state index is 0.118. The van der Waals surface area contributed by atoms with Crippen LogP contribution in [0.5, 0.6) is 0 Å². The van der Waals surface area contributed by atoms with Gasteiger partial charge in [-0.05, 0) is 48.9 Å². The number of halogens is 4. The van der Waals surface area contributed by atoms with Crippen LogP contribution in [0, 0.1) is 0 Å². The second-order valence-corrected chi connectivity index (χ2v) is 9.84. The van der Waals surface area contributed by atoms with Gasteiger partial charge in [0.15, 0.2) is 5.15 Å². The van der Waals surface area contributed by atoms with Crippen LogP contribution < -0.4 is 5.32 Å². The number of carbonyl (C=O) groups is 1. The van der Waals surface area contributed by atoms with E-state index in [2.05, 4.69) is 14.8 Å². The summed E-state index contributed by atoms with van der Waals surface area (Å²) in [6.07, 6.45) is -1.06. The monoisotopic (exact) mass is 516 g/mol. The molecule has 5 nitrogen and oxygen atoms in total. The number of fused-ring (bicyclic) bond motifs is 1. The molecule has 0 saturated heterocycles. The van der Waals surface area contributed by atoms with E-state index in [1.54, 1.807) is 7.05 Å². The van der Waals surface area contributed by atoms with Gasteiger partial charge < -0.3 is 9.88 Å². The molecule has 1 aliphatic heterocycles. The van der Waals surface area contributed by atoms with E-state index in [4.69, 9.17) is 16.6 Å². The molecule has 2 aliphatic rings. The first-order valence-electron chi connectivity index (χ1n) is 12.2. The predicted octanol–water partition coefficient (Wildman–Crippen LogP) is 5.91. The summed E-state index contributed by atoms with van der Waals surface area (Å²) in [5.74, 6) is 1.31. The Morgan fingerprint density at radius 3 is 2.42 bits per heavy atom. The summed E-state index contributed by atoms with van der Waals surface area (Å²) >= 11 is 6.73. The lowest BCUT2D eigenvalue weighted by molar-refractivity contribution is -0.137. The van der Waals surface area contributed by atoms with E-state index in [1.807, 2.05) is 30.3 Å². The summed E-state index contributed by atoms with van der Waals surface area (Å²) in [7, 11) is 1.63. The average molecular weight is 517 g/mol. The Kier molecular flexibility index (Phi) is 6.83. The van der Waals surface area contributed by atoms with Gasteiger partial charge in [-0.2, -0.15) is 13.2 Å². The van der Waals surface area contributed by atoms with Gasteiger partial charge in [0.25, 0.3) is 0 Å². The average Bonchev–Trinajstić information content (AvgIpc) is 3.66. The number of imidazole rings is 1. The number of nitrogens with zero attached hydrogens (tertiary/aromatic N) is 3. The summed E-state index contributed by atoms with van der Waals surface area (Å²) in [6.45, 7) is 1.31. The zero-order chi connectivity index (χ0) is 25.4. The van der Waals surface area contributed by atoms with Crippen LogP contribution in [0.2, 0.25) is 5.15 Å². The van der Waals surface area contributed by atoms with Crippen molar-refractivity contribution >= 4 is 17.5 Å². The van der Waals surface area contributed by atoms with Crippen molar-refractivity contribution in [1.82, 2.24) is 19.8 Å². The fraction of sp³-hybridized carbons (Fsp3) is 0.407. The summed E-state index contributed by atoms with van der Waals surface area (Å²) in [6, 6.07) is 14.2. The third kappa shape index (κ3) is 4.89. The van der Waals surface area contributed by atoms with Crippen LogP contribution >= 0.6 is 11.6 Å². The van der Waals surface area contributed by atoms with Gasteiger partial charge in [0.1, 0.15) is 11.9 Å². The smallest absolute Gasteiger partial charge is 0.358 e. The maximum atomic E-state index is 13.2. The molecule has 1 aliphatic carbocycles. The topological polar surface area (TPSA) is 50.2 Å². The molecular weight excluding hydrogens is 489 g/mol. The van der Waals surface area contributed by atoms with E-state index in [1.165, 1.54) is 12.1 Å². The van der Waals surface area contributed by atoms with Gasteiger partial charge >= 0.3 is 6.18 Å². The van der Waals surface area contributed by atoms with Crippen molar-refractivity contribution in [3.8, 4) is 0 Å². The van der Waals surface area contributed by atoms with E-state index < -0.39 is 17.8 Å². The highest BCUT2D eigenvalue weighted by atomic mass is 35.5. The Bertz CT molecular complexity index is 1220. The van der Waals surface area contributed by atoms with E-state index in [0.717, 1.165) is 47.6 Å². The molecule has 36 heavy (non-hydrogen) atoms. The minimum Gasteiger partial charge on any atom is -0.358 e. The SMILES string of the molecule is CNC(=O)[C@@H](c1ccccc1)N1CCn2c(C3CC3)nc(Cl)c2[C@@H]1CCc1ccc(C(F)(F)F)cc1. The number of hydrogen-bond donors (Lipinski definition) is 1. The zero-order valence-corrected chi connectivity index (χ0v) is 20.7. The molecular formula is C27H28ClF3N4O. The number of aryl methyl sites for hydroxylation is 1. The summed E-state index contributed by atoms with van der Waals surface area (Å²) < 4.78 is 41.3. The standard InChI is InChI=1S/C27H28ClF3N4O/c1-32-26(36)22(18-5-3-2-4-6-18)34-15-16-35-23(24(28)33-25(35)19-10-11-19)21(34)14-9-17-7-12-20(13-8-17)27(29,30)31/h2-8,12-13,19,21-22H,9-11,14-16H2,1H3,(H,32,36)/t21-,22+/m0/s1. The molecule has 190 valence electrons. The van der Waals surface area contributed by atoms with Crippen LogP contribution in [0.25, 0.3) is 0 Å². The van der Waals surface area contributed by atoms with Crippen LogP contribution in [0.15, 0.2) is 54.6 Å². The Balaban J connectivity index is 1.50. The number of nitrogens with one attached hydrogen (secondary N) is 1. The molecule has 1 fully saturated rings. The number of likely N-dealkylation sites (N-methyl/N-ethyl adjacent to an activating group) is 1. The van der Waals surface area contributed by atoms with E-state index in [0.29, 0.717) is 37.0 Å². The number of rotatable bonds is 7. The fourth-order valence-electron chi connectivity index (χ4n) is 5.23. The first-order chi connectivity index (χ1) is 17.3. The molecule has 0 unspecified atom stereocenters. The molecule has 2 heterocycles. The minimum atomic E-state index is -4.37. The highest BCUT2D eigenvalue weighted by molar-refractivity contribution is 6.30. The number of carbonyl (C=O) groups excluding carboxylic acids is 1. The van der Waals surface area contributed by atoms with Crippen LogP contribution in [0.1, 0.15) is 65.5 Å². The van der Waals surface area contributed by atoms with Gasteiger partial charge in [0, 0.05) is 26.1 Å². The number of aromatic nitrogens is 2. The van der Waals surface area contributed by atoms with Crippen molar-refractivity contribution in [2.24, 2.45) is 0 Å². The van der Waals surface area contributed by atoms with Gasteiger partial charge in [-0.15, -0.1) is 0 Å². The molecule has 0 spiro atoms. The molecule has 1 saturated carbocycles. The number of amides is 1. The molecule has 1 N–H and O–H groups in total. The summed E-state index contributed by atoms with van der Waals surface area (Å²) in [4.78, 5) is 20.0. The van der Waals surface area contributed by atoms with Crippen LogP contribution in [0.3, 0.4) is 0 Å². The quantitative estimate of drug-likeness (QED) is 0.425. The van der Waals surface area contributed by atoms with E-state index >= 15 is 0 Å². The molecule has 1 aromatic heterocycles. The molecule has 2 atom stereocenters.